The van der Waals surface area contributed by atoms with Gasteiger partial charge in [0.2, 0.25) is 0 Å². The lowest BCUT2D eigenvalue weighted by atomic mass is 10.1. The Kier molecular flexibility index (Phi) is 4.05. The molecule has 0 radical (unpaired) electrons. The second-order valence-electron chi connectivity index (χ2n) is 5.24. The number of phenols is 1. The van der Waals surface area contributed by atoms with E-state index in [1.165, 1.54) is 6.07 Å². The zero-order valence-corrected chi connectivity index (χ0v) is 12.3. The minimum Gasteiger partial charge on any atom is -0.508 e. The maximum Gasteiger partial charge on any atom is 0.269 e. The summed E-state index contributed by atoms with van der Waals surface area (Å²) in [5, 5.41) is 20.2. The first-order valence-corrected chi connectivity index (χ1v) is 7.13. The van der Waals surface area contributed by atoms with Crippen molar-refractivity contribution in [1.29, 1.82) is 0 Å². The molecule has 0 bridgehead atoms. The van der Waals surface area contributed by atoms with Crippen LogP contribution in [0.4, 0.5) is 5.69 Å². The maximum atomic E-state index is 10.9. The molecule has 116 valence electrons. The normalized spacial score (nSPS) is 10.6. The lowest BCUT2D eigenvalue weighted by Crippen LogP contribution is -2.05. The summed E-state index contributed by atoms with van der Waals surface area (Å²) in [6, 6.07) is 13.6. The molecule has 3 aromatic rings. The summed E-state index contributed by atoms with van der Waals surface area (Å²) in [6.45, 7) is 0.630. The van der Waals surface area contributed by atoms with Gasteiger partial charge in [-0.25, -0.2) is 4.98 Å². The summed E-state index contributed by atoms with van der Waals surface area (Å²) in [5.41, 5.74) is 1.97. The first-order chi connectivity index (χ1) is 11.1. The zero-order chi connectivity index (χ0) is 16.2. The predicted molar refractivity (Wildman–Crippen MR) is 85.3 cm³/mol. The molecule has 1 N–H and O–H groups in total. The first-order valence-electron chi connectivity index (χ1n) is 7.13. The number of non-ortho nitro benzene ring substituents is 1. The highest BCUT2D eigenvalue weighted by molar-refractivity contribution is 5.35. The summed E-state index contributed by atoms with van der Waals surface area (Å²) in [5.74, 6) is 1.06. The van der Waals surface area contributed by atoms with Crippen LogP contribution in [0, 0.1) is 10.1 Å². The molecule has 0 fully saturated rings. The van der Waals surface area contributed by atoms with E-state index >= 15 is 0 Å². The number of nitro groups is 1. The Bertz CT molecular complexity index is 825. The SMILES string of the molecule is O=[N+]([O-])c1cccc(Cc2nccn2Cc2ccc(O)cc2)c1. The van der Waals surface area contributed by atoms with Crippen LogP contribution in [-0.2, 0) is 13.0 Å². The molecule has 0 unspecified atom stereocenters. The van der Waals surface area contributed by atoms with Gasteiger partial charge >= 0.3 is 0 Å². The Balaban J connectivity index is 1.79. The Hall–Kier alpha value is -3.15. The first kappa shape index (κ1) is 14.8. The fourth-order valence-corrected chi connectivity index (χ4v) is 2.41. The maximum absolute atomic E-state index is 10.9. The van der Waals surface area contributed by atoms with E-state index in [2.05, 4.69) is 4.98 Å². The van der Waals surface area contributed by atoms with Gasteiger partial charge in [0.25, 0.3) is 5.69 Å². The van der Waals surface area contributed by atoms with Crippen molar-refractivity contribution in [3.8, 4) is 5.75 Å². The van der Waals surface area contributed by atoms with Crippen molar-refractivity contribution in [1.82, 2.24) is 9.55 Å². The van der Waals surface area contributed by atoms with Gasteiger partial charge in [-0.2, -0.15) is 0 Å². The third-order valence-electron chi connectivity index (χ3n) is 3.57. The van der Waals surface area contributed by atoms with Crippen molar-refractivity contribution in [3.05, 3.63) is 88.0 Å². The molecule has 0 aliphatic heterocycles. The van der Waals surface area contributed by atoms with Crippen molar-refractivity contribution >= 4 is 5.69 Å². The number of rotatable bonds is 5. The van der Waals surface area contributed by atoms with Gasteiger partial charge in [-0.15, -0.1) is 0 Å². The van der Waals surface area contributed by atoms with Crippen molar-refractivity contribution in [2.75, 3.05) is 0 Å². The van der Waals surface area contributed by atoms with Gasteiger partial charge in [0.05, 0.1) is 4.92 Å². The molecule has 0 atom stereocenters. The highest BCUT2D eigenvalue weighted by Crippen LogP contribution is 2.17. The number of phenolic OH excluding ortho intramolecular Hbond substituents is 1. The second kappa shape index (κ2) is 6.31. The van der Waals surface area contributed by atoms with Gasteiger partial charge in [0.1, 0.15) is 11.6 Å². The predicted octanol–water partition coefficient (Wildman–Crippen LogP) is 3.14. The average molecular weight is 309 g/mol. The van der Waals surface area contributed by atoms with Gasteiger partial charge in [0.15, 0.2) is 0 Å². The third-order valence-corrected chi connectivity index (χ3v) is 3.57. The summed E-state index contributed by atoms with van der Waals surface area (Å²) in [4.78, 5) is 14.8. The molecule has 1 aromatic heterocycles. The van der Waals surface area contributed by atoms with Crippen LogP contribution in [0.2, 0.25) is 0 Å². The van der Waals surface area contributed by atoms with Crippen molar-refractivity contribution in [2.45, 2.75) is 13.0 Å². The van der Waals surface area contributed by atoms with E-state index in [1.807, 2.05) is 29.0 Å². The number of imidazole rings is 1. The zero-order valence-electron chi connectivity index (χ0n) is 12.3. The molecule has 1 heterocycles. The molecular weight excluding hydrogens is 294 g/mol. The van der Waals surface area contributed by atoms with Gasteiger partial charge in [-0.3, -0.25) is 10.1 Å². The number of aromatic nitrogens is 2. The molecule has 2 aromatic carbocycles. The van der Waals surface area contributed by atoms with E-state index in [0.717, 1.165) is 17.0 Å². The van der Waals surface area contributed by atoms with Crippen LogP contribution in [0.3, 0.4) is 0 Å². The molecule has 0 aliphatic rings. The quantitative estimate of drug-likeness (QED) is 0.580. The molecule has 23 heavy (non-hydrogen) atoms. The number of aromatic hydroxyl groups is 1. The van der Waals surface area contributed by atoms with Gasteiger partial charge in [0, 0.05) is 37.5 Å². The molecule has 0 saturated carbocycles. The van der Waals surface area contributed by atoms with Crippen LogP contribution in [0.25, 0.3) is 0 Å². The minimum absolute atomic E-state index is 0.0825. The summed E-state index contributed by atoms with van der Waals surface area (Å²) in [7, 11) is 0. The number of nitro benzene ring substituents is 1. The number of benzene rings is 2. The minimum atomic E-state index is -0.396. The Morgan fingerprint density at radius 2 is 1.91 bits per heavy atom. The van der Waals surface area contributed by atoms with E-state index < -0.39 is 4.92 Å². The summed E-state index contributed by atoms with van der Waals surface area (Å²) in [6.07, 6.45) is 4.11. The molecule has 0 amide bonds. The Labute approximate surface area is 132 Å². The fraction of sp³-hybridized carbons (Fsp3) is 0.118. The number of hydrogen-bond donors (Lipinski definition) is 1. The Morgan fingerprint density at radius 3 is 2.65 bits per heavy atom. The monoisotopic (exact) mass is 309 g/mol. The van der Waals surface area contributed by atoms with E-state index in [0.29, 0.717) is 13.0 Å². The number of nitrogens with zero attached hydrogens (tertiary/aromatic N) is 3. The van der Waals surface area contributed by atoms with E-state index in [1.54, 1.807) is 30.5 Å². The smallest absolute Gasteiger partial charge is 0.269 e. The highest BCUT2D eigenvalue weighted by atomic mass is 16.6. The fourth-order valence-electron chi connectivity index (χ4n) is 2.41. The van der Waals surface area contributed by atoms with E-state index in [4.69, 9.17) is 0 Å². The molecule has 0 aliphatic carbocycles. The van der Waals surface area contributed by atoms with Crippen LogP contribution in [0.1, 0.15) is 17.0 Å². The van der Waals surface area contributed by atoms with Crippen molar-refractivity contribution in [2.24, 2.45) is 0 Å². The topological polar surface area (TPSA) is 81.2 Å². The second-order valence-corrected chi connectivity index (χ2v) is 5.24. The summed E-state index contributed by atoms with van der Waals surface area (Å²) >= 11 is 0. The van der Waals surface area contributed by atoms with Crippen LogP contribution in [0.15, 0.2) is 60.9 Å². The van der Waals surface area contributed by atoms with E-state index in [9.17, 15) is 15.2 Å². The lowest BCUT2D eigenvalue weighted by molar-refractivity contribution is -0.384. The molecule has 3 rings (SSSR count). The molecule has 6 nitrogen and oxygen atoms in total. The average Bonchev–Trinajstić information content (AvgIpc) is 2.97. The molecule has 0 saturated heterocycles. The summed E-state index contributed by atoms with van der Waals surface area (Å²) < 4.78 is 1.99. The van der Waals surface area contributed by atoms with Gasteiger partial charge < -0.3 is 9.67 Å². The van der Waals surface area contributed by atoms with Crippen molar-refractivity contribution < 1.29 is 10.0 Å². The van der Waals surface area contributed by atoms with Crippen LogP contribution >= 0.6 is 0 Å². The standard InChI is InChI=1S/C17H15N3O3/c21-16-6-4-13(5-7-16)12-19-9-8-18-17(19)11-14-2-1-3-15(10-14)20(22)23/h1-10,21H,11-12H2. The van der Waals surface area contributed by atoms with Crippen LogP contribution < -0.4 is 0 Å². The lowest BCUT2D eigenvalue weighted by Gasteiger charge is -2.08. The van der Waals surface area contributed by atoms with Gasteiger partial charge in [-0.1, -0.05) is 24.3 Å². The number of hydrogen-bond acceptors (Lipinski definition) is 4. The Morgan fingerprint density at radius 1 is 1.13 bits per heavy atom. The van der Waals surface area contributed by atoms with E-state index in [-0.39, 0.29) is 11.4 Å². The largest absolute Gasteiger partial charge is 0.508 e. The molecular formula is C17H15N3O3. The van der Waals surface area contributed by atoms with Crippen LogP contribution in [0.5, 0.6) is 5.75 Å². The van der Waals surface area contributed by atoms with Crippen molar-refractivity contribution in [3.63, 3.8) is 0 Å². The molecule has 0 spiro atoms. The van der Waals surface area contributed by atoms with Gasteiger partial charge in [-0.05, 0) is 23.3 Å². The highest BCUT2D eigenvalue weighted by Gasteiger charge is 2.09. The third kappa shape index (κ3) is 3.55. The molecule has 6 heteroatoms. The van der Waals surface area contributed by atoms with Crippen LogP contribution in [-0.4, -0.2) is 19.6 Å².